The van der Waals surface area contributed by atoms with Crippen LogP contribution in [0.3, 0.4) is 0 Å². The smallest absolute Gasteiger partial charge is 0.257 e. The van der Waals surface area contributed by atoms with E-state index >= 15 is 0 Å². The van der Waals surface area contributed by atoms with Crippen molar-refractivity contribution in [1.82, 2.24) is 24.6 Å². The maximum atomic E-state index is 12.4. The zero-order valence-corrected chi connectivity index (χ0v) is 16.7. The van der Waals surface area contributed by atoms with Crippen molar-refractivity contribution in [2.24, 2.45) is 5.92 Å². The number of carbonyl (C=O) groups excluding carboxylic acids is 1. The fourth-order valence-corrected chi connectivity index (χ4v) is 3.27. The maximum Gasteiger partial charge on any atom is 0.257 e. The Kier molecular flexibility index (Phi) is 7.11. The molecule has 160 valence electrons. The molecule has 2 N–H and O–H groups in total. The predicted octanol–water partition coefficient (Wildman–Crippen LogP) is 2.55. The molecule has 30 heavy (non-hydrogen) atoms. The molecule has 3 rings (SSSR count). The fraction of sp³-hybridized carbons (Fsp3) is 0.526. The Morgan fingerprint density at radius 3 is 3.03 bits per heavy atom. The van der Waals surface area contributed by atoms with Crippen molar-refractivity contribution in [2.75, 3.05) is 30.3 Å². The number of hydrogen-bond donors (Lipinski definition) is 2. The van der Waals surface area contributed by atoms with Crippen molar-refractivity contribution in [3.63, 3.8) is 0 Å². The Morgan fingerprint density at radius 1 is 1.43 bits per heavy atom. The Balaban J connectivity index is 1.54. The van der Waals surface area contributed by atoms with Gasteiger partial charge < -0.3 is 15.5 Å². The molecule has 3 heterocycles. The molecule has 1 amide bonds. The van der Waals surface area contributed by atoms with Crippen molar-refractivity contribution < 1.29 is 13.6 Å². The second kappa shape index (κ2) is 9.96. The van der Waals surface area contributed by atoms with Crippen LogP contribution in [0.15, 0.2) is 18.6 Å². The van der Waals surface area contributed by atoms with Crippen molar-refractivity contribution in [2.45, 2.75) is 39.2 Å². The van der Waals surface area contributed by atoms with Crippen molar-refractivity contribution >= 4 is 23.4 Å². The molecular formula is C19H24F2N8O. The lowest BCUT2D eigenvalue weighted by atomic mass is 10.1. The number of nitrogens with zero attached hydrogens (tertiary/aromatic N) is 6. The van der Waals surface area contributed by atoms with E-state index in [2.05, 4.69) is 25.7 Å². The van der Waals surface area contributed by atoms with Crippen LogP contribution in [0.4, 0.5) is 26.2 Å². The minimum atomic E-state index is -2.47. The van der Waals surface area contributed by atoms with Gasteiger partial charge in [-0.15, -0.1) is 0 Å². The summed E-state index contributed by atoms with van der Waals surface area (Å²) in [6.07, 6.45) is 3.52. The highest BCUT2D eigenvalue weighted by molar-refractivity contribution is 5.76. The molecule has 0 spiro atoms. The summed E-state index contributed by atoms with van der Waals surface area (Å²) in [5.41, 5.74) is 1.39. The van der Waals surface area contributed by atoms with Gasteiger partial charge in [-0.2, -0.15) is 15.3 Å². The first-order valence-electron chi connectivity index (χ1n) is 9.74. The molecule has 0 aromatic carbocycles. The predicted molar refractivity (Wildman–Crippen MR) is 106 cm³/mol. The molecule has 1 saturated heterocycles. The van der Waals surface area contributed by atoms with Crippen LogP contribution in [-0.4, -0.2) is 56.6 Å². The molecule has 1 aliphatic rings. The van der Waals surface area contributed by atoms with Crippen LogP contribution in [0.2, 0.25) is 0 Å². The Bertz CT molecular complexity index is 910. The number of alkyl halides is 2. The molecule has 1 fully saturated rings. The first-order chi connectivity index (χ1) is 14.4. The van der Waals surface area contributed by atoms with Gasteiger partial charge in [0.15, 0.2) is 0 Å². The zero-order chi connectivity index (χ0) is 21.5. The number of aromatic nitrogens is 4. The van der Waals surface area contributed by atoms with Crippen LogP contribution in [0, 0.1) is 24.2 Å². The first kappa shape index (κ1) is 21.4. The largest absolute Gasteiger partial charge is 0.369 e. The Morgan fingerprint density at radius 2 is 2.27 bits per heavy atom. The third-order valence-electron chi connectivity index (χ3n) is 4.83. The van der Waals surface area contributed by atoms with Gasteiger partial charge in [0.05, 0.1) is 18.0 Å². The molecule has 0 saturated carbocycles. The van der Waals surface area contributed by atoms with E-state index in [0.717, 1.165) is 16.7 Å². The van der Waals surface area contributed by atoms with Crippen molar-refractivity contribution in [3.05, 3.63) is 24.2 Å². The van der Waals surface area contributed by atoms with Crippen LogP contribution in [0.5, 0.6) is 0 Å². The number of carbonyl (C=O) groups is 1. The average molecular weight is 418 g/mol. The van der Waals surface area contributed by atoms with Gasteiger partial charge in [-0.1, -0.05) is 0 Å². The van der Waals surface area contributed by atoms with Crippen LogP contribution in [0.1, 0.15) is 24.8 Å². The topological polar surface area (TPSA) is 112 Å². The van der Waals surface area contributed by atoms with Gasteiger partial charge in [0.25, 0.3) is 6.43 Å². The van der Waals surface area contributed by atoms with Gasteiger partial charge in [0, 0.05) is 50.4 Å². The minimum absolute atomic E-state index is 0.0242. The van der Waals surface area contributed by atoms with E-state index in [0.29, 0.717) is 43.0 Å². The zero-order valence-electron chi connectivity index (χ0n) is 16.7. The summed E-state index contributed by atoms with van der Waals surface area (Å²) in [4.78, 5) is 22.5. The van der Waals surface area contributed by atoms with E-state index in [-0.39, 0.29) is 18.7 Å². The average Bonchev–Trinajstić information content (AvgIpc) is 3.35. The summed E-state index contributed by atoms with van der Waals surface area (Å²) < 4.78 is 26.0. The number of rotatable bonds is 9. The van der Waals surface area contributed by atoms with Gasteiger partial charge in [0.1, 0.15) is 12.4 Å². The number of nitriles is 1. The number of amides is 1. The summed E-state index contributed by atoms with van der Waals surface area (Å²) >= 11 is 0. The Labute approximate surface area is 173 Å². The van der Waals surface area contributed by atoms with Gasteiger partial charge in [-0.05, 0) is 19.3 Å². The second-order valence-corrected chi connectivity index (χ2v) is 7.23. The van der Waals surface area contributed by atoms with Crippen molar-refractivity contribution in [1.29, 1.82) is 5.26 Å². The van der Waals surface area contributed by atoms with Gasteiger partial charge in [-0.3, -0.25) is 9.48 Å². The van der Waals surface area contributed by atoms with Gasteiger partial charge in [0.2, 0.25) is 11.9 Å². The quantitative estimate of drug-likeness (QED) is 0.644. The van der Waals surface area contributed by atoms with Crippen LogP contribution in [0.25, 0.3) is 0 Å². The second-order valence-electron chi connectivity index (χ2n) is 7.23. The number of halogens is 2. The lowest BCUT2D eigenvalue weighted by molar-refractivity contribution is -0.130. The highest BCUT2D eigenvalue weighted by atomic mass is 19.3. The highest BCUT2D eigenvalue weighted by Gasteiger charge is 2.25. The molecular weight excluding hydrogens is 394 g/mol. The SMILES string of the molecule is Cc1cnc(Nc2cnn(CC(F)F)c2)nc1NCC1CCN(C(=O)CCC#N)C1. The summed E-state index contributed by atoms with van der Waals surface area (Å²) in [5.74, 6) is 1.33. The summed E-state index contributed by atoms with van der Waals surface area (Å²) in [6, 6.07) is 2.00. The molecule has 1 aliphatic heterocycles. The third kappa shape index (κ3) is 5.85. The van der Waals surface area contributed by atoms with Gasteiger partial charge >= 0.3 is 0 Å². The monoisotopic (exact) mass is 418 g/mol. The lowest BCUT2D eigenvalue weighted by Gasteiger charge is -2.17. The molecule has 1 atom stereocenters. The molecule has 2 aromatic rings. The van der Waals surface area contributed by atoms with E-state index in [1.54, 1.807) is 11.1 Å². The fourth-order valence-electron chi connectivity index (χ4n) is 3.27. The van der Waals surface area contributed by atoms with Gasteiger partial charge in [-0.25, -0.2) is 13.8 Å². The number of nitrogens with one attached hydrogen (secondary N) is 2. The number of anilines is 3. The van der Waals surface area contributed by atoms with E-state index in [1.807, 2.05) is 13.0 Å². The first-order valence-corrected chi connectivity index (χ1v) is 9.74. The summed E-state index contributed by atoms with van der Waals surface area (Å²) in [6.45, 7) is 3.44. The van der Waals surface area contributed by atoms with E-state index in [9.17, 15) is 13.6 Å². The third-order valence-corrected chi connectivity index (χ3v) is 4.83. The number of aryl methyl sites for hydroxylation is 1. The maximum absolute atomic E-state index is 12.4. The van der Waals surface area contributed by atoms with E-state index in [1.165, 1.54) is 12.4 Å². The molecule has 11 heteroatoms. The van der Waals surface area contributed by atoms with Crippen LogP contribution in [-0.2, 0) is 11.3 Å². The molecule has 1 unspecified atom stereocenters. The standard InChI is InChI=1S/C19H24F2N8O/c1-13-7-24-19(26-15-9-25-29(11-15)12-16(20)21)27-18(13)23-8-14-4-6-28(10-14)17(30)3-2-5-22/h7,9,11,14,16H,2-4,6,8,10,12H2,1H3,(H2,23,24,26,27). The van der Waals surface area contributed by atoms with E-state index < -0.39 is 13.0 Å². The highest BCUT2D eigenvalue weighted by Crippen LogP contribution is 2.21. The summed E-state index contributed by atoms with van der Waals surface area (Å²) in [5, 5.41) is 18.8. The van der Waals surface area contributed by atoms with E-state index in [4.69, 9.17) is 5.26 Å². The van der Waals surface area contributed by atoms with Crippen molar-refractivity contribution in [3.8, 4) is 6.07 Å². The number of likely N-dealkylation sites (tertiary alicyclic amines) is 1. The molecule has 0 radical (unpaired) electrons. The molecule has 2 aromatic heterocycles. The van der Waals surface area contributed by atoms with Crippen LogP contribution >= 0.6 is 0 Å². The minimum Gasteiger partial charge on any atom is -0.369 e. The summed E-state index contributed by atoms with van der Waals surface area (Å²) in [7, 11) is 0. The Hall–Kier alpha value is -3.29. The van der Waals surface area contributed by atoms with Crippen LogP contribution < -0.4 is 10.6 Å². The normalized spacial score (nSPS) is 16.0. The number of hydrogen-bond acceptors (Lipinski definition) is 7. The molecule has 9 nitrogen and oxygen atoms in total. The molecule has 0 bridgehead atoms. The molecule has 0 aliphatic carbocycles. The lowest BCUT2D eigenvalue weighted by Crippen LogP contribution is -2.29.